The number of hydrogen-bond acceptors (Lipinski definition) is 4. The maximum Gasteiger partial charge on any atom is 0.241 e. The third-order valence-corrected chi connectivity index (χ3v) is 5.42. The number of rotatable bonds is 3. The Bertz CT molecular complexity index is 1260. The lowest BCUT2D eigenvalue weighted by Gasteiger charge is -2.12. The van der Waals surface area contributed by atoms with E-state index < -0.39 is 37.3 Å². The normalized spacial score (nSPS) is 11.3. The van der Waals surface area contributed by atoms with Crippen molar-refractivity contribution in [1.82, 2.24) is 4.98 Å². The smallest absolute Gasteiger partial charge is 0.234 e. The van der Waals surface area contributed by atoms with Crippen LogP contribution in [0, 0.1) is 23.0 Å². The molecule has 0 bridgehead atoms. The van der Waals surface area contributed by atoms with Crippen molar-refractivity contribution < 1.29 is 17.2 Å². The molecule has 3 rings (SSSR count). The van der Waals surface area contributed by atoms with Crippen LogP contribution >= 0.6 is 23.2 Å². The van der Waals surface area contributed by atoms with Crippen LogP contribution in [-0.4, -0.2) is 13.4 Å². The fraction of sp³-hybridized carbons (Fsp3) is 0. The van der Waals surface area contributed by atoms with Gasteiger partial charge in [0.15, 0.2) is 17.3 Å². The number of pyridine rings is 1. The van der Waals surface area contributed by atoms with Crippen LogP contribution in [0.4, 0.5) is 8.78 Å². The lowest BCUT2D eigenvalue weighted by Crippen LogP contribution is -2.15. The monoisotopic (exact) mass is 439 g/mol. The zero-order valence-corrected chi connectivity index (χ0v) is 16.1. The quantitative estimate of drug-likeness (QED) is 0.648. The van der Waals surface area contributed by atoms with Gasteiger partial charge in [-0.25, -0.2) is 27.3 Å². The molecule has 0 saturated heterocycles. The summed E-state index contributed by atoms with van der Waals surface area (Å²) in [7, 11) is -4.42. The Labute approximate surface area is 169 Å². The van der Waals surface area contributed by atoms with E-state index in [1.54, 1.807) is 6.07 Å². The van der Waals surface area contributed by atoms with Crippen LogP contribution in [0.15, 0.2) is 47.4 Å². The van der Waals surface area contributed by atoms with Crippen molar-refractivity contribution >= 4 is 33.2 Å². The highest BCUT2D eigenvalue weighted by molar-refractivity contribution is 7.89. The molecule has 3 aromatic rings. The third-order valence-electron chi connectivity index (χ3n) is 3.84. The van der Waals surface area contributed by atoms with E-state index in [1.165, 1.54) is 36.4 Å². The first kappa shape index (κ1) is 20.2. The lowest BCUT2D eigenvalue weighted by atomic mass is 10.0. The molecule has 5 nitrogen and oxygen atoms in total. The van der Waals surface area contributed by atoms with E-state index in [1.807, 2.05) is 0 Å². The number of nitrogens with zero attached hydrogens (tertiary/aromatic N) is 2. The van der Waals surface area contributed by atoms with E-state index in [0.717, 1.165) is 6.07 Å². The fourth-order valence-corrected chi connectivity index (χ4v) is 3.94. The molecule has 0 radical (unpaired) electrons. The van der Waals surface area contributed by atoms with Crippen molar-refractivity contribution in [2.75, 3.05) is 0 Å². The largest absolute Gasteiger partial charge is 0.241 e. The first-order valence-corrected chi connectivity index (χ1v) is 9.81. The second-order valence-electron chi connectivity index (χ2n) is 5.62. The molecule has 0 amide bonds. The summed E-state index contributed by atoms with van der Waals surface area (Å²) < 4.78 is 51.5. The average Bonchev–Trinajstić information content (AvgIpc) is 2.63. The molecular weight excluding hydrogens is 431 g/mol. The summed E-state index contributed by atoms with van der Waals surface area (Å²) in [5.74, 6) is -1.94. The molecule has 28 heavy (non-hydrogen) atoms. The van der Waals surface area contributed by atoms with Gasteiger partial charge in [0.2, 0.25) is 10.0 Å². The Balaban J connectivity index is 2.18. The molecule has 10 heteroatoms. The van der Waals surface area contributed by atoms with Gasteiger partial charge in [-0.05, 0) is 29.8 Å². The topological polar surface area (TPSA) is 96.8 Å². The standard InChI is InChI=1S/C18H9Cl2F2N3O2S/c19-12-4-3-10(18(17(12)22)28(24,26)27)9-1-2-11(13(20)7-9)15-6-5-14(21)16(8-23)25-15/h1-7H,(H2,24,26,27). The first-order valence-electron chi connectivity index (χ1n) is 7.51. The molecule has 0 aliphatic heterocycles. The highest BCUT2D eigenvalue weighted by Crippen LogP contribution is 2.36. The SMILES string of the molecule is N#Cc1nc(-c2ccc(-c3ccc(Cl)c(F)c3S(N)(=O)=O)cc2Cl)ccc1F. The van der Waals surface area contributed by atoms with Gasteiger partial charge in [-0.1, -0.05) is 41.4 Å². The highest BCUT2D eigenvalue weighted by atomic mass is 35.5. The summed E-state index contributed by atoms with van der Waals surface area (Å²) in [5, 5.41) is 13.8. The van der Waals surface area contributed by atoms with Crippen molar-refractivity contribution in [2.24, 2.45) is 5.14 Å². The van der Waals surface area contributed by atoms with Crippen LogP contribution in [0.1, 0.15) is 5.69 Å². The third kappa shape index (κ3) is 3.70. The molecule has 142 valence electrons. The van der Waals surface area contributed by atoms with Crippen LogP contribution in [0.25, 0.3) is 22.4 Å². The predicted octanol–water partition coefficient (Wildman–Crippen LogP) is 4.52. The van der Waals surface area contributed by atoms with Gasteiger partial charge >= 0.3 is 0 Å². The molecule has 1 heterocycles. The van der Waals surface area contributed by atoms with Crippen molar-refractivity contribution in [1.29, 1.82) is 5.26 Å². The Kier molecular flexibility index (Phi) is 5.37. The van der Waals surface area contributed by atoms with Crippen LogP contribution < -0.4 is 5.14 Å². The van der Waals surface area contributed by atoms with E-state index in [-0.39, 0.29) is 21.8 Å². The first-order chi connectivity index (χ1) is 13.1. The van der Waals surface area contributed by atoms with E-state index in [0.29, 0.717) is 5.56 Å². The summed E-state index contributed by atoms with van der Waals surface area (Å²) >= 11 is 11.9. The Morgan fingerprint density at radius 1 is 1.00 bits per heavy atom. The number of aromatic nitrogens is 1. The maximum atomic E-state index is 14.3. The fourth-order valence-electron chi connectivity index (χ4n) is 2.60. The van der Waals surface area contributed by atoms with Crippen LogP contribution in [0.5, 0.6) is 0 Å². The second kappa shape index (κ2) is 7.45. The van der Waals surface area contributed by atoms with Gasteiger partial charge in [-0.3, -0.25) is 0 Å². The molecule has 0 atom stereocenters. The summed E-state index contributed by atoms with van der Waals surface area (Å²) in [6.45, 7) is 0. The van der Waals surface area contributed by atoms with Crippen LogP contribution in [-0.2, 0) is 10.0 Å². The van der Waals surface area contributed by atoms with Gasteiger partial charge in [0.05, 0.1) is 15.7 Å². The van der Waals surface area contributed by atoms with E-state index in [4.69, 9.17) is 33.6 Å². The minimum Gasteiger partial charge on any atom is -0.234 e. The number of nitrogens with two attached hydrogens (primary N) is 1. The van der Waals surface area contributed by atoms with Gasteiger partial charge in [0.1, 0.15) is 11.0 Å². The van der Waals surface area contributed by atoms with Gasteiger partial charge in [0.25, 0.3) is 0 Å². The predicted molar refractivity (Wildman–Crippen MR) is 101 cm³/mol. The summed E-state index contributed by atoms with van der Waals surface area (Å²) in [6, 6.07) is 10.9. The van der Waals surface area contributed by atoms with E-state index in [2.05, 4.69) is 4.98 Å². The molecule has 2 N–H and O–H groups in total. The molecule has 0 unspecified atom stereocenters. The zero-order chi connectivity index (χ0) is 20.6. The number of hydrogen-bond donors (Lipinski definition) is 1. The van der Waals surface area contributed by atoms with E-state index in [9.17, 15) is 17.2 Å². The second-order valence-corrected chi connectivity index (χ2v) is 7.93. The average molecular weight is 440 g/mol. The minimum absolute atomic E-state index is 0.0253. The molecule has 0 aliphatic carbocycles. The Morgan fingerprint density at radius 2 is 1.68 bits per heavy atom. The van der Waals surface area contributed by atoms with Gasteiger partial charge in [-0.2, -0.15) is 5.26 Å². The van der Waals surface area contributed by atoms with Gasteiger partial charge in [-0.15, -0.1) is 0 Å². The summed E-state index contributed by atoms with van der Waals surface area (Å²) in [6.07, 6.45) is 0. The Morgan fingerprint density at radius 3 is 2.29 bits per heavy atom. The van der Waals surface area contributed by atoms with Crippen LogP contribution in [0.3, 0.4) is 0 Å². The molecule has 0 fully saturated rings. The van der Waals surface area contributed by atoms with Gasteiger partial charge in [0, 0.05) is 11.1 Å². The summed E-state index contributed by atoms with van der Waals surface area (Å²) in [5.41, 5.74) is 0.449. The Hall–Kier alpha value is -2.57. The number of halogens is 4. The van der Waals surface area contributed by atoms with Crippen molar-refractivity contribution in [3.8, 4) is 28.5 Å². The number of benzene rings is 2. The van der Waals surface area contributed by atoms with Gasteiger partial charge < -0.3 is 0 Å². The van der Waals surface area contributed by atoms with Crippen molar-refractivity contribution in [3.05, 3.63) is 69.8 Å². The highest BCUT2D eigenvalue weighted by Gasteiger charge is 2.23. The molecular formula is C18H9Cl2F2N3O2S. The number of primary sulfonamides is 1. The molecule has 2 aromatic carbocycles. The molecule has 0 spiro atoms. The molecule has 0 aliphatic rings. The minimum atomic E-state index is -4.42. The lowest BCUT2D eigenvalue weighted by molar-refractivity contribution is 0.569. The van der Waals surface area contributed by atoms with Crippen molar-refractivity contribution in [3.63, 3.8) is 0 Å². The summed E-state index contributed by atoms with van der Waals surface area (Å²) in [4.78, 5) is 3.14. The van der Waals surface area contributed by atoms with E-state index >= 15 is 0 Å². The number of sulfonamides is 1. The van der Waals surface area contributed by atoms with Crippen LogP contribution in [0.2, 0.25) is 10.0 Å². The molecule has 1 aromatic heterocycles. The maximum absolute atomic E-state index is 14.3. The van der Waals surface area contributed by atoms with Crippen molar-refractivity contribution in [2.45, 2.75) is 4.90 Å². The zero-order valence-electron chi connectivity index (χ0n) is 13.7. The number of nitriles is 1. The molecule has 0 saturated carbocycles.